The minimum absolute atomic E-state index is 0.0277. The Bertz CT molecular complexity index is 389. The fourth-order valence-corrected chi connectivity index (χ4v) is 2.45. The van der Waals surface area contributed by atoms with E-state index in [0.29, 0.717) is 0 Å². The van der Waals surface area contributed by atoms with Gasteiger partial charge in [0.2, 0.25) is 0 Å². The molecule has 0 saturated heterocycles. The number of carboxylic acid groups (broad SMARTS) is 1. The van der Waals surface area contributed by atoms with Crippen LogP contribution in [0.2, 0.25) is 0 Å². The van der Waals surface area contributed by atoms with Crippen molar-refractivity contribution < 1.29 is 9.90 Å². The summed E-state index contributed by atoms with van der Waals surface area (Å²) >= 11 is 0. The second-order valence-electron chi connectivity index (χ2n) is 4.22. The Morgan fingerprint density at radius 1 is 1.53 bits per heavy atom. The van der Waals surface area contributed by atoms with E-state index in [9.17, 15) is 4.79 Å². The SMILES string of the molecule is CC1c2ccccc2CC1C(N)C(=O)O. The highest BCUT2D eigenvalue weighted by atomic mass is 16.4. The van der Waals surface area contributed by atoms with Gasteiger partial charge in [-0.2, -0.15) is 0 Å². The summed E-state index contributed by atoms with van der Waals surface area (Å²) in [7, 11) is 0. The Kier molecular flexibility index (Phi) is 2.49. The average Bonchev–Trinajstić information content (AvgIpc) is 2.56. The molecular weight excluding hydrogens is 190 g/mol. The molecular formula is C12H15NO2. The van der Waals surface area contributed by atoms with Crippen molar-refractivity contribution in [1.29, 1.82) is 0 Å². The van der Waals surface area contributed by atoms with Gasteiger partial charge < -0.3 is 10.8 Å². The predicted molar refractivity (Wildman–Crippen MR) is 57.7 cm³/mol. The molecule has 15 heavy (non-hydrogen) atoms. The normalized spacial score (nSPS) is 26.0. The van der Waals surface area contributed by atoms with Gasteiger partial charge in [0.05, 0.1) is 0 Å². The van der Waals surface area contributed by atoms with E-state index in [1.165, 1.54) is 11.1 Å². The van der Waals surface area contributed by atoms with Crippen LogP contribution in [0.15, 0.2) is 24.3 Å². The first-order chi connectivity index (χ1) is 7.11. The Balaban J connectivity index is 2.27. The zero-order valence-corrected chi connectivity index (χ0v) is 8.68. The molecule has 0 fully saturated rings. The second-order valence-corrected chi connectivity index (χ2v) is 4.22. The molecule has 3 heteroatoms. The van der Waals surface area contributed by atoms with Crippen molar-refractivity contribution in [2.45, 2.75) is 25.3 Å². The van der Waals surface area contributed by atoms with Crippen LogP contribution >= 0.6 is 0 Å². The van der Waals surface area contributed by atoms with Crippen LogP contribution in [0.4, 0.5) is 0 Å². The first-order valence-electron chi connectivity index (χ1n) is 5.17. The molecule has 3 unspecified atom stereocenters. The van der Waals surface area contributed by atoms with Crippen molar-refractivity contribution in [3.05, 3.63) is 35.4 Å². The fraction of sp³-hybridized carbons (Fsp3) is 0.417. The summed E-state index contributed by atoms with van der Waals surface area (Å²) in [6, 6.07) is 7.34. The quantitative estimate of drug-likeness (QED) is 0.766. The van der Waals surface area contributed by atoms with Crippen LogP contribution in [-0.2, 0) is 11.2 Å². The fourth-order valence-electron chi connectivity index (χ4n) is 2.45. The third-order valence-corrected chi connectivity index (χ3v) is 3.39. The minimum Gasteiger partial charge on any atom is -0.480 e. The maximum Gasteiger partial charge on any atom is 0.320 e. The lowest BCUT2D eigenvalue weighted by molar-refractivity contribution is -0.140. The summed E-state index contributed by atoms with van der Waals surface area (Å²) in [5, 5.41) is 8.91. The zero-order chi connectivity index (χ0) is 11.0. The van der Waals surface area contributed by atoms with Crippen LogP contribution in [0.25, 0.3) is 0 Å². The number of nitrogens with two attached hydrogens (primary N) is 1. The smallest absolute Gasteiger partial charge is 0.320 e. The number of benzene rings is 1. The van der Waals surface area contributed by atoms with Gasteiger partial charge in [0.1, 0.15) is 6.04 Å². The summed E-state index contributed by atoms with van der Waals surface area (Å²) in [6.45, 7) is 2.05. The third-order valence-electron chi connectivity index (χ3n) is 3.39. The van der Waals surface area contributed by atoms with Gasteiger partial charge in [-0.15, -0.1) is 0 Å². The van der Waals surface area contributed by atoms with Crippen molar-refractivity contribution >= 4 is 5.97 Å². The van der Waals surface area contributed by atoms with Crippen LogP contribution in [0, 0.1) is 5.92 Å². The first kappa shape index (κ1) is 10.2. The molecule has 0 radical (unpaired) electrons. The van der Waals surface area contributed by atoms with Crippen LogP contribution in [0.1, 0.15) is 24.0 Å². The van der Waals surface area contributed by atoms with Gasteiger partial charge in [-0.3, -0.25) is 4.79 Å². The van der Waals surface area contributed by atoms with Crippen LogP contribution < -0.4 is 5.73 Å². The van der Waals surface area contributed by atoms with Crippen molar-refractivity contribution in [3.63, 3.8) is 0 Å². The van der Waals surface area contributed by atoms with Gasteiger partial charge in [-0.05, 0) is 29.4 Å². The molecule has 0 spiro atoms. The molecule has 0 saturated carbocycles. The Morgan fingerprint density at radius 3 is 2.80 bits per heavy atom. The lowest BCUT2D eigenvalue weighted by Gasteiger charge is -2.19. The number of carbonyl (C=O) groups is 1. The lowest BCUT2D eigenvalue weighted by atomic mass is 9.88. The number of aliphatic carboxylic acids is 1. The standard InChI is InChI=1S/C12H15NO2/c1-7-9-5-3-2-4-8(9)6-10(7)11(13)12(14)15/h2-5,7,10-11H,6,13H2,1H3,(H,14,15). The van der Waals surface area contributed by atoms with E-state index in [1.54, 1.807) is 0 Å². The number of hydrogen-bond donors (Lipinski definition) is 2. The molecule has 3 N–H and O–H groups in total. The summed E-state index contributed by atoms with van der Waals surface area (Å²) in [4.78, 5) is 10.9. The maximum absolute atomic E-state index is 10.9. The van der Waals surface area contributed by atoms with Crippen molar-refractivity contribution in [2.24, 2.45) is 11.7 Å². The highest BCUT2D eigenvalue weighted by Gasteiger charge is 2.35. The predicted octanol–water partition coefficient (Wildman–Crippen LogP) is 1.37. The molecule has 1 aromatic carbocycles. The molecule has 3 nitrogen and oxygen atoms in total. The van der Waals surface area contributed by atoms with Crippen molar-refractivity contribution in [3.8, 4) is 0 Å². The molecule has 0 heterocycles. The molecule has 80 valence electrons. The Labute approximate surface area is 88.9 Å². The summed E-state index contributed by atoms with van der Waals surface area (Å²) in [6.07, 6.45) is 0.783. The van der Waals surface area contributed by atoms with Gasteiger partial charge in [0.25, 0.3) is 0 Å². The Hall–Kier alpha value is -1.35. The first-order valence-corrected chi connectivity index (χ1v) is 5.17. The number of carboxylic acids is 1. The van der Waals surface area contributed by atoms with E-state index in [1.807, 2.05) is 12.1 Å². The van der Waals surface area contributed by atoms with Gasteiger partial charge in [0.15, 0.2) is 0 Å². The Morgan fingerprint density at radius 2 is 2.20 bits per heavy atom. The molecule has 0 amide bonds. The molecule has 1 aliphatic rings. The number of fused-ring (bicyclic) bond motifs is 1. The van der Waals surface area contributed by atoms with Gasteiger partial charge in [0, 0.05) is 0 Å². The second kappa shape index (κ2) is 3.66. The minimum atomic E-state index is -0.903. The van der Waals surface area contributed by atoms with Crippen LogP contribution in [0.3, 0.4) is 0 Å². The van der Waals surface area contributed by atoms with Gasteiger partial charge >= 0.3 is 5.97 Å². The molecule has 3 atom stereocenters. The topological polar surface area (TPSA) is 63.3 Å². The van der Waals surface area contributed by atoms with Crippen LogP contribution in [0.5, 0.6) is 0 Å². The van der Waals surface area contributed by atoms with E-state index in [4.69, 9.17) is 10.8 Å². The van der Waals surface area contributed by atoms with Gasteiger partial charge in [-0.25, -0.2) is 0 Å². The molecule has 2 rings (SSSR count). The molecule has 0 aromatic heterocycles. The highest BCUT2D eigenvalue weighted by molar-refractivity contribution is 5.74. The molecule has 0 aliphatic heterocycles. The maximum atomic E-state index is 10.9. The lowest BCUT2D eigenvalue weighted by Crippen LogP contribution is -2.39. The van der Waals surface area contributed by atoms with E-state index in [-0.39, 0.29) is 11.8 Å². The van der Waals surface area contributed by atoms with E-state index >= 15 is 0 Å². The van der Waals surface area contributed by atoms with Crippen LogP contribution in [-0.4, -0.2) is 17.1 Å². The summed E-state index contributed by atoms with van der Waals surface area (Å²) < 4.78 is 0. The van der Waals surface area contributed by atoms with Crippen molar-refractivity contribution in [1.82, 2.24) is 0 Å². The monoisotopic (exact) mass is 205 g/mol. The third kappa shape index (κ3) is 1.63. The zero-order valence-electron chi connectivity index (χ0n) is 8.68. The molecule has 0 bridgehead atoms. The van der Waals surface area contributed by atoms with E-state index in [2.05, 4.69) is 19.1 Å². The van der Waals surface area contributed by atoms with Crippen molar-refractivity contribution in [2.75, 3.05) is 0 Å². The van der Waals surface area contributed by atoms with Gasteiger partial charge in [-0.1, -0.05) is 31.2 Å². The largest absolute Gasteiger partial charge is 0.480 e. The molecule has 1 aromatic rings. The average molecular weight is 205 g/mol. The molecule has 1 aliphatic carbocycles. The summed E-state index contributed by atoms with van der Waals surface area (Å²) in [5.74, 6) is -0.633. The summed E-state index contributed by atoms with van der Waals surface area (Å²) in [5.41, 5.74) is 8.18. The number of hydrogen-bond acceptors (Lipinski definition) is 2. The number of rotatable bonds is 2. The highest BCUT2D eigenvalue weighted by Crippen LogP contribution is 2.38. The van der Waals surface area contributed by atoms with E-state index < -0.39 is 12.0 Å². The van der Waals surface area contributed by atoms with E-state index in [0.717, 1.165) is 6.42 Å².